The van der Waals surface area contributed by atoms with Crippen LogP contribution in [0.1, 0.15) is 39.3 Å². The van der Waals surface area contributed by atoms with Gasteiger partial charge in [0.1, 0.15) is 5.69 Å². The van der Waals surface area contributed by atoms with Crippen molar-refractivity contribution < 1.29 is 14.8 Å². The molecular formula is C13H22N4O4. The summed E-state index contributed by atoms with van der Waals surface area (Å²) in [7, 11) is 0. The van der Waals surface area contributed by atoms with E-state index >= 15 is 0 Å². The summed E-state index contributed by atoms with van der Waals surface area (Å²) in [5.41, 5.74) is 0.244. The molecule has 0 aliphatic heterocycles. The van der Waals surface area contributed by atoms with Crippen LogP contribution in [0.2, 0.25) is 0 Å². The van der Waals surface area contributed by atoms with Gasteiger partial charge in [0.25, 0.3) is 0 Å². The number of hydrogen-bond donors (Lipinski definition) is 2. The zero-order chi connectivity index (χ0) is 16.2. The predicted molar refractivity (Wildman–Crippen MR) is 78.4 cm³/mol. The van der Waals surface area contributed by atoms with E-state index in [1.165, 1.54) is 0 Å². The summed E-state index contributed by atoms with van der Waals surface area (Å²) in [6, 6.07) is -0.395. The molecule has 0 aliphatic rings. The number of aliphatic carboxylic acids is 1. The van der Waals surface area contributed by atoms with Crippen LogP contribution in [0.25, 0.3) is 0 Å². The molecule has 0 aliphatic carbocycles. The van der Waals surface area contributed by atoms with Crippen LogP contribution in [0.4, 0.5) is 11.5 Å². The number of aryl methyl sites for hydroxylation is 2. The van der Waals surface area contributed by atoms with E-state index in [0.29, 0.717) is 18.1 Å². The molecule has 0 amide bonds. The molecule has 1 atom stereocenters. The highest BCUT2D eigenvalue weighted by molar-refractivity contribution is 5.69. The van der Waals surface area contributed by atoms with Crippen molar-refractivity contribution in [3.05, 3.63) is 15.8 Å². The van der Waals surface area contributed by atoms with E-state index in [2.05, 4.69) is 10.4 Å². The van der Waals surface area contributed by atoms with Gasteiger partial charge in [0.2, 0.25) is 5.82 Å². The lowest BCUT2D eigenvalue weighted by molar-refractivity contribution is -0.384. The number of nitro groups is 1. The molecule has 21 heavy (non-hydrogen) atoms. The maximum atomic E-state index is 11.2. The average Bonchev–Trinajstić information content (AvgIpc) is 2.64. The maximum absolute atomic E-state index is 11.2. The van der Waals surface area contributed by atoms with Crippen LogP contribution in [-0.2, 0) is 11.3 Å². The van der Waals surface area contributed by atoms with Gasteiger partial charge in [-0.2, -0.15) is 5.10 Å². The molecule has 0 aromatic carbocycles. The van der Waals surface area contributed by atoms with Gasteiger partial charge >= 0.3 is 11.7 Å². The largest absolute Gasteiger partial charge is 0.481 e. The normalized spacial score (nSPS) is 12.4. The summed E-state index contributed by atoms with van der Waals surface area (Å²) in [6.07, 6.45) is 0.670. The van der Waals surface area contributed by atoms with E-state index in [1.807, 2.05) is 20.8 Å². The van der Waals surface area contributed by atoms with Crippen LogP contribution >= 0.6 is 0 Å². The highest BCUT2D eigenvalue weighted by Gasteiger charge is 2.28. The third-order valence-corrected chi connectivity index (χ3v) is 3.24. The smallest absolute Gasteiger partial charge is 0.333 e. The predicted octanol–water partition coefficient (Wildman–Crippen LogP) is 2.42. The number of anilines is 1. The number of nitrogens with zero attached hydrogens (tertiary/aromatic N) is 3. The van der Waals surface area contributed by atoms with Crippen molar-refractivity contribution in [1.29, 1.82) is 0 Å². The molecule has 8 nitrogen and oxygen atoms in total. The van der Waals surface area contributed by atoms with Crippen LogP contribution in [0, 0.1) is 23.0 Å². The summed E-state index contributed by atoms with van der Waals surface area (Å²) in [4.78, 5) is 21.7. The van der Waals surface area contributed by atoms with Crippen LogP contribution < -0.4 is 5.32 Å². The Morgan fingerprint density at radius 2 is 2.14 bits per heavy atom. The number of nitrogens with one attached hydrogen (secondary N) is 1. The van der Waals surface area contributed by atoms with Crippen molar-refractivity contribution in [3.63, 3.8) is 0 Å². The maximum Gasteiger partial charge on any atom is 0.333 e. The minimum absolute atomic E-state index is 0.0194. The minimum atomic E-state index is -0.942. The van der Waals surface area contributed by atoms with Gasteiger partial charge in [-0.3, -0.25) is 14.9 Å². The van der Waals surface area contributed by atoms with Gasteiger partial charge < -0.3 is 10.4 Å². The summed E-state index contributed by atoms with van der Waals surface area (Å²) in [6.45, 7) is 7.81. The Bertz CT molecular complexity index is 524. The first kappa shape index (κ1) is 16.9. The molecule has 0 saturated carbocycles. The lowest BCUT2D eigenvalue weighted by Crippen LogP contribution is -2.30. The molecule has 118 valence electrons. The Hall–Kier alpha value is -2.12. The van der Waals surface area contributed by atoms with Crippen molar-refractivity contribution in [1.82, 2.24) is 9.78 Å². The second kappa shape index (κ2) is 7.05. The Balaban J connectivity index is 3.18. The molecule has 0 radical (unpaired) electrons. The number of carboxylic acids is 1. The Labute approximate surface area is 123 Å². The van der Waals surface area contributed by atoms with Crippen molar-refractivity contribution >= 4 is 17.5 Å². The highest BCUT2D eigenvalue weighted by Crippen LogP contribution is 2.30. The standard InChI is InChI=1S/C13H22N4O4/c1-5-6-16-13(12(17(20)21)9(4)15-16)14-10(8(2)3)7-11(18)19/h8,10,14H,5-7H2,1-4H3,(H,18,19). The summed E-state index contributed by atoms with van der Waals surface area (Å²) >= 11 is 0. The first-order chi connectivity index (χ1) is 9.77. The number of carbonyl (C=O) groups is 1. The summed E-state index contributed by atoms with van der Waals surface area (Å²) in [5, 5.41) is 27.4. The van der Waals surface area contributed by atoms with Gasteiger partial charge in [0.15, 0.2) is 0 Å². The SMILES string of the molecule is CCCn1nc(C)c([N+](=O)[O-])c1NC(CC(=O)O)C(C)C. The molecule has 1 unspecified atom stereocenters. The fraction of sp³-hybridized carbons (Fsp3) is 0.692. The first-order valence-corrected chi connectivity index (χ1v) is 6.98. The molecule has 1 rings (SSSR count). The number of hydrogen-bond acceptors (Lipinski definition) is 5. The lowest BCUT2D eigenvalue weighted by Gasteiger charge is -2.21. The zero-order valence-electron chi connectivity index (χ0n) is 12.8. The van der Waals surface area contributed by atoms with Crippen molar-refractivity contribution in [2.75, 3.05) is 5.32 Å². The molecule has 1 heterocycles. The molecule has 0 saturated heterocycles. The zero-order valence-corrected chi connectivity index (χ0v) is 12.8. The summed E-state index contributed by atoms with van der Waals surface area (Å²) in [5.74, 6) is -0.632. The van der Waals surface area contributed by atoms with Crippen LogP contribution in [0.3, 0.4) is 0 Å². The number of rotatable bonds is 8. The molecule has 1 aromatic heterocycles. The van der Waals surface area contributed by atoms with E-state index in [1.54, 1.807) is 11.6 Å². The Morgan fingerprint density at radius 1 is 1.52 bits per heavy atom. The van der Waals surface area contributed by atoms with E-state index < -0.39 is 16.9 Å². The molecule has 1 aromatic rings. The Kier molecular flexibility index (Phi) is 5.69. The molecule has 0 spiro atoms. The third kappa shape index (κ3) is 4.17. The fourth-order valence-corrected chi connectivity index (χ4v) is 2.12. The van der Waals surface area contributed by atoms with Crippen molar-refractivity contribution in [3.8, 4) is 0 Å². The average molecular weight is 298 g/mol. The van der Waals surface area contributed by atoms with E-state index in [4.69, 9.17) is 5.11 Å². The van der Waals surface area contributed by atoms with Crippen LogP contribution in [0.5, 0.6) is 0 Å². The first-order valence-electron chi connectivity index (χ1n) is 6.98. The highest BCUT2D eigenvalue weighted by atomic mass is 16.6. The van der Waals surface area contributed by atoms with Crippen molar-refractivity contribution in [2.24, 2.45) is 5.92 Å². The number of aromatic nitrogens is 2. The number of carboxylic acid groups (broad SMARTS) is 1. The quantitative estimate of drug-likeness (QED) is 0.563. The minimum Gasteiger partial charge on any atom is -0.481 e. The second-order valence-corrected chi connectivity index (χ2v) is 5.36. The molecular weight excluding hydrogens is 276 g/mol. The fourth-order valence-electron chi connectivity index (χ4n) is 2.12. The third-order valence-electron chi connectivity index (χ3n) is 3.24. The van der Waals surface area contributed by atoms with Crippen molar-refractivity contribution in [2.45, 2.75) is 53.1 Å². The molecule has 0 bridgehead atoms. The van der Waals surface area contributed by atoms with Gasteiger partial charge in [-0.15, -0.1) is 0 Å². The van der Waals surface area contributed by atoms with Crippen LogP contribution in [0.15, 0.2) is 0 Å². The van der Waals surface area contributed by atoms with Gasteiger partial charge in [-0.05, 0) is 19.3 Å². The molecule has 8 heteroatoms. The van der Waals surface area contributed by atoms with Gasteiger partial charge in [0.05, 0.1) is 11.3 Å². The van der Waals surface area contributed by atoms with E-state index in [9.17, 15) is 14.9 Å². The topological polar surface area (TPSA) is 110 Å². The Morgan fingerprint density at radius 3 is 2.57 bits per heavy atom. The van der Waals surface area contributed by atoms with E-state index in [-0.39, 0.29) is 18.0 Å². The van der Waals surface area contributed by atoms with Gasteiger partial charge in [-0.25, -0.2) is 4.68 Å². The lowest BCUT2D eigenvalue weighted by atomic mass is 10.0. The van der Waals surface area contributed by atoms with Gasteiger partial charge in [-0.1, -0.05) is 20.8 Å². The summed E-state index contributed by atoms with van der Waals surface area (Å²) < 4.78 is 1.55. The monoisotopic (exact) mass is 298 g/mol. The van der Waals surface area contributed by atoms with Gasteiger partial charge in [0, 0.05) is 12.6 Å². The van der Waals surface area contributed by atoms with Crippen LogP contribution in [-0.4, -0.2) is 31.8 Å². The van der Waals surface area contributed by atoms with E-state index in [0.717, 1.165) is 6.42 Å². The molecule has 2 N–H and O–H groups in total. The molecule has 0 fully saturated rings. The second-order valence-electron chi connectivity index (χ2n) is 5.36.